The number of aliphatic carboxylic acids is 1. The lowest BCUT2D eigenvalue weighted by atomic mass is 9.99. The number of carbonyl (C=O) groups excluding carboxylic acids is 1. The summed E-state index contributed by atoms with van der Waals surface area (Å²) in [5.74, 6) is -0.940. The van der Waals surface area contributed by atoms with Crippen molar-refractivity contribution in [2.24, 2.45) is 0 Å². The van der Waals surface area contributed by atoms with E-state index in [1.165, 1.54) is 6.92 Å². The summed E-state index contributed by atoms with van der Waals surface area (Å²) in [5, 5.41) is 11.6. The normalized spacial score (nSPS) is 15.1. The Balaban J connectivity index is 2.65. The molecule has 5 nitrogen and oxygen atoms in total. The van der Waals surface area contributed by atoms with E-state index in [-0.39, 0.29) is 0 Å². The van der Waals surface area contributed by atoms with Gasteiger partial charge in [0.2, 0.25) is 0 Å². The van der Waals surface area contributed by atoms with Crippen molar-refractivity contribution in [3.8, 4) is 5.75 Å². The van der Waals surface area contributed by atoms with E-state index in [9.17, 15) is 9.59 Å². The third-order valence-electron chi connectivity index (χ3n) is 3.00. The highest BCUT2D eigenvalue weighted by atomic mass is 16.5. The van der Waals surface area contributed by atoms with Crippen LogP contribution < -0.4 is 10.1 Å². The van der Waals surface area contributed by atoms with Gasteiger partial charge >= 0.3 is 5.97 Å². The minimum Gasteiger partial charge on any atom is -0.481 e. The maximum absolute atomic E-state index is 11.9. The summed E-state index contributed by atoms with van der Waals surface area (Å²) in [6.45, 7) is 4.76. The van der Waals surface area contributed by atoms with Crippen LogP contribution in [-0.2, 0) is 9.59 Å². The van der Waals surface area contributed by atoms with Crippen LogP contribution in [0.5, 0.6) is 5.75 Å². The standard InChI is InChI=1S/C14H19NO4/c1-4-14(3,13(17)18)15-12(16)10(2)19-11-8-6-5-7-9-11/h5-10H,4H2,1-3H3,(H,15,16)(H,17,18). The van der Waals surface area contributed by atoms with Crippen molar-refractivity contribution in [3.05, 3.63) is 30.3 Å². The third-order valence-corrected chi connectivity index (χ3v) is 3.00. The Morgan fingerprint density at radius 3 is 2.42 bits per heavy atom. The summed E-state index contributed by atoms with van der Waals surface area (Å²) in [7, 11) is 0. The second-order valence-corrected chi connectivity index (χ2v) is 4.55. The molecule has 0 aliphatic rings. The highest BCUT2D eigenvalue weighted by molar-refractivity contribution is 5.88. The van der Waals surface area contributed by atoms with Crippen molar-refractivity contribution in [2.45, 2.75) is 38.8 Å². The molecule has 1 rings (SSSR count). The highest BCUT2D eigenvalue weighted by Gasteiger charge is 2.34. The topological polar surface area (TPSA) is 75.6 Å². The van der Waals surface area contributed by atoms with Gasteiger partial charge in [-0.05, 0) is 32.4 Å². The lowest BCUT2D eigenvalue weighted by Crippen LogP contribution is -2.54. The van der Waals surface area contributed by atoms with Crippen molar-refractivity contribution < 1.29 is 19.4 Å². The van der Waals surface area contributed by atoms with Gasteiger partial charge in [0.15, 0.2) is 6.10 Å². The average molecular weight is 265 g/mol. The first kappa shape index (κ1) is 15.0. The van der Waals surface area contributed by atoms with Crippen molar-refractivity contribution in [1.29, 1.82) is 0 Å². The largest absolute Gasteiger partial charge is 0.481 e. The SMILES string of the molecule is CCC(C)(NC(=O)C(C)Oc1ccccc1)C(=O)O. The van der Waals surface area contributed by atoms with Gasteiger partial charge in [0, 0.05) is 0 Å². The molecule has 2 atom stereocenters. The molecule has 2 N–H and O–H groups in total. The van der Waals surface area contributed by atoms with E-state index in [4.69, 9.17) is 9.84 Å². The lowest BCUT2D eigenvalue weighted by Gasteiger charge is -2.26. The molecule has 5 heteroatoms. The highest BCUT2D eigenvalue weighted by Crippen LogP contribution is 2.13. The molecule has 0 saturated carbocycles. The number of carbonyl (C=O) groups is 2. The van der Waals surface area contributed by atoms with Gasteiger partial charge in [0.25, 0.3) is 5.91 Å². The molecule has 0 aliphatic carbocycles. The van der Waals surface area contributed by atoms with Gasteiger partial charge < -0.3 is 15.2 Å². The number of hydrogen-bond donors (Lipinski definition) is 2. The van der Waals surface area contributed by atoms with E-state index in [1.807, 2.05) is 6.07 Å². The van der Waals surface area contributed by atoms with Crippen molar-refractivity contribution >= 4 is 11.9 Å². The van der Waals surface area contributed by atoms with Gasteiger partial charge in [-0.15, -0.1) is 0 Å². The fourth-order valence-electron chi connectivity index (χ4n) is 1.42. The number of carboxylic acids is 1. The first-order valence-electron chi connectivity index (χ1n) is 6.16. The van der Waals surface area contributed by atoms with Gasteiger partial charge in [-0.2, -0.15) is 0 Å². The first-order valence-corrected chi connectivity index (χ1v) is 6.16. The summed E-state index contributed by atoms with van der Waals surface area (Å²) in [5.41, 5.74) is -1.27. The Morgan fingerprint density at radius 2 is 1.95 bits per heavy atom. The number of benzene rings is 1. The second-order valence-electron chi connectivity index (χ2n) is 4.55. The quantitative estimate of drug-likeness (QED) is 0.822. The molecule has 0 saturated heterocycles. The van der Waals surface area contributed by atoms with Crippen LogP contribution in [0.2, 0.25) is 0 Å². The maximum Gasteiger partial charge on any atom is 0.329 e. The minimum absolute atomic E-state index is 0.298. The van der Waals surface area contributed by atoms with Crippen LogP contribution in [0.1, 0.15) is 27.2 Å². The number of nitrogens with one attached hydrogen (secondary N) is 1. The number of hydrogen-bond acceptors (Lipinski definition) is 3. The maximum atomic E-state index is 11.9. The molecular weight excluding hydrogens is 246 g/mol. The van der Waals surface area contributed by atoms with Crippen molar-refractivity contribution in [3.63, 3.8) is 0 Å². The van der Waals surface area contributed by atoms with E-state index in [0.29, 0.717) is 12.2 Å². The number of para-hydroxylation sites is 1. The number of ether oxygens (including phenoxy) is 1. The van der Waals surface area contributed by atoms with E-state index >= 15 is 0 Å². The van der Waals surface area contributed by atoms with E-state index < -0.39 is 23.5 Å². The Labute approximate surface area is 112 Å². The van der Waals surface area contributed by atoms with Gasteiger partial charge in [-0.25, -0.2) is 4.79 Å². The zero-order valence-corrected chi connectivity index (χ0v) is 11.3. The molecule has 0 spiro atoms. The zero-order chi connectivity index (χ0) is 14.5. The van der Waals surface area contributed by atoms with Crippen LogP contribution in [0.4, 0.5) is 0 Å². The van der Waals surface area contributed by atoms with E-state index in [2.05, 4.69) is 5.32 Å². The number of rotatable bonds is 6. The van der Waals surface area contributed by atoms with Gasteiger partial charge in [0.1, 0.15) is 11.3 Å². The Morgan fingerprint density at radius 1 is 1.37 bits per heavy atom. The summed E-state index contributed by atoms with van der Waals surface area (Å²) >= 11 is 0. The molecule has 0 aromatic heterocycles. The summed E-state index contributed by atoms with van der Waals surface area (Å²) < 4.78 is 5.44. The minimum atomic E-state index is -1.27. The first-order chi connectivity index (χ1) is 8.89. The lowest BCUT2D eigenvalue weighted by molar-refractivity contribution is -0.148. The molecule has 0 bridgehead atoms. The smallest absolute Gasteiger partial charge is 0.329 e. The average Bonchev–Trinajstić information content (AvgIpc) is 2.39. The van der Waals surface area contributed by atoms with E-state index in [1.54, 1.807) is 38.1 Å². The van der Waals surface area contributed by atoms with Crippen molar-refractivity contribution in [1.82, 2.24) is 5.32 Å². The molecular formula is C14H19NO4. The summed E-state index contributed by atoms with van der Waals surface area (Å²) in [6, 6.07) is 8.91. The predicted octanol–water partition coefficient (Wildman–Crippen LogP) is 1.82. The molecule has 0 aliphatic heterocycles. The fraction of sp³-hybridized carbons (Fsp3) is 0.429. The molecule has 0 fully saturated rings. The molecule has 0 heterocycles. The van der Waals surface area contributed by atoms with Crippen molar-refractivity contribution in [2.75, 3.05) is 0 Å². The Kier molecular flexibility index (Phi) is 4.92. The van der Waals surface area contributed by atoms with Crippen LogP contribution in [0, 0.1) is 0 Å². The molecule has 2 unspecified atom stereocenters. The Hall–Kier alpha value is -2.04. The third kappa shape index (κ3) is 3.98. The molecule has 1 aromatic rings. The fourth-order valence-corrected chi connectivity index (χ4v) is 1.42. The van der Waals surface area contributed by atoms with Crippen LogP contribution in [0.15, 0.2) is 30.3 Å². The monoisotopic (exact) mass is 265 g/mol. The zero-order valence-electron chi connectivity index (χ0n) is 11.3. The number of carboxylic acid groups (broad SMARTS) is 1. The molecule has 1 amide bonds. The van der Waals surface area contributed by atoms with Crippen LogP contribution >= 0.6 is 0 Å². The van der Waals surface area contributed by atoms with Crippen LogP contribution in [0.3, 0.4) is 0 Å². The van der Waals surface area contributed by atoms with Gasteiger partial charge in [-0.1, -0.05) is 25.1 Å². The van der Waals surface area contributed by atoms with Crippen LogP contribution in [0.25, 0.3) is 0 Å². The van der Waals surface area contributed by atoms with E-state index in [0.717, 1.165) is 0 Å². The molecule has 0 radical (unpaired) electrons. The summed E-state index contributed by atoms with van der Waals surface area (Å²) in [4.78, 5) is 23.0. The molecule has 1 aromatic carbocycles. The van der Waals surface area contributed by atoms with Gasteiger partial charge in [0.05, 0.1) is 0 Å². The molecule has 19 heavy (non-hydrogen) atoms. The van der Waals surface area contributed by atoms with Crippen LogP contribution in [-0.4, -0.2) is 28.6 Å². The number of amides is 1. The predicted molar refractivity (Wildman–Crippen MR) is 71.0 cm³/mol. The molecule has 104 valence electrons. The summed E-state index contributed by atoms with van der Waals surface area (Å²) in [6.07, 6.45) is -0.459. The Bertz CT molecular complexity index is 446. The second kappa shape index (κ2) is 6.22. The van der Waals surface area contributed by atoms with Gasteiger partial charge in [-0.3, -0.25) is 4.79 Å².